The molecule has 4 N–H and O–H groups in total. The van der Waals surface area contributed by atoms with Crippen LogP contribution < -0.4 is 10.5 Å². The van der Waals surface area contributed by atoms with Gasteiger partial charge >= 0.3 is 0 Å². The van der Waals surface area contributed by atoms with Crippen LogP contribution in [0.4, 0.5) is 11.5 Å². The van der Waals surface area contributed by atoms with E-state index in [1.165, 1.54) is 18.3 Å². The molecule has 0 saturated carbocycles. The Bertz CT molecular complexity index is 620. The summed E-state index contributed by atoms with van der Waals surface area (Å²) in [7, 11) is -3.64. The molecule has 0 fully saturated rings. The molecule has 0 spiro atoms. The first-order valence-corrected chi connectivity index (χ1v) is 6.36. The number of aromatic nitrogens is 2. The van der Waals surface area contributed by atoms with Gasteiger partial charge in [-0.1, -0.05) is 6.07 Å². The van der Waals surface area contributed by atoms with E-state index in [-0.39, 0.29) is 4.90 Å². The van der Waals surface area contributed by atoms with Crippen LogP contribution in [0, 0.1) is 6.92 Å². The van der Waals surface area contributed by atoms with E-state index in [4.69, 9.17) is 5.73 Å². The van der Waals surface area contributed by atoms with Crippen molar-refractivity contribution in [2.75, 3.05) is 10.5 Å². The summed E-state index contributed by atoms with van der Waals surface area (Å²) in [4.78, 5) is 0.159. The molecule has 6 nitrogen and oxygen atoms in total. The van der Waals surface area contributed by atoms with Gasteiger partial charge in [-0.2, -0.15) is 5.10 Å². The highest BCUT2D eigenvalue weighted by Gasteiger charge is 2.18. The van der Waals surface area contributed by atoms with Crippen LogP contribution in [0.5, 0.6) is 0 Å². The molecule has 0 unspecified atom stereocenters. The van der Waals surface area contributed by atoms with Crippen LogP contribution in [0.1, 0.15) is 5.56 Å². The second-order valence-corrected chi connectivity index (χ2v) is 5.20. The summed E-state index contributed by atoms with van der Waals surface area (Å²) in [6.07, 6.45) is 1.46. The maximum Gasteiger partial charge on any atom is 0.263 e. The lowest BCUT2D eigenvalue weighted by atomic mass is 10.2. The number of aromatic amines is 1. The van der Waals surface area contributed by atoms with Gasteiger partial charge in [-0.25, -0.2) is 8.42 Å². The first-order chi connectivity index (χ1) is 8.00. The van der Waals surface area contributed by atoms with E-state index in [0.717, 1.165) is 0 Å². The first kappa shape index (κ1) is 11.5. The summed E-state index contributed by atoms with van der Waals surface area (Å²) in [5.74, 6) is 0.312. The number of rotatable bonds is 3. The van der Waals surface area contributed by atoms with E-state index >= 15 is 0 Å². The average molecular weight is 252 g/mol. The van der Waals surface area contributed by atoms with Crippen molar-refractivity contribution in [3.63, 3.8) is 0 Å². The van der Waals surface area contributed by atoms with Gasteiger partial charge in [-0.15, -0.1) is 0 Å². The zero-order valence-corrected chi connectivity index (χ0v) is 9.95. The van der Waals surface area contributed by atoms with Gasteiger partial charge in [-0.05, 0) is 24.6 Å². The van der Waals surface area contributed by atoms with Gasteiger partial charge in [0.05, 0.1) is 11.1 Å². The van der Waals surface area contributed by atoms with Crippen molar-refractivity contribution in [1.29, 1.82) is 0 Å². The zero-order valence-electron chi connectivity index (χ0n) is 9.14. The number of hydrogen-bond donors (Lipinski definition) is 3. The third kappa shape index (κ3) is 2.23. The summed E-state index contributed by atoms with van der Waals surface area (Å²) >= 11 is 0. The van der Waals surface area contributed by atoms with Crippen molar-refractivity contribution >= 4 is 21.5 Å². The molecule has 17 heavy (non-hydrogen) atoms. The molecule has 1 aromatic heterocycles. The minimum Gasteiger partial charge on any atom is -0.398 e. The normalized spacial score (nSPS) is 11.4. The second kappa shape index (κ2) is 4.10. The molecule has 2 rings (SSSR count). The lowest BCUT2D eigenvalue weighted by Crippen LogP contribution is -2.15. The molecule has 0 aliphatic heterocycles. The third-order valence-corrected chi connectivity index (χ3v) is 3.87. The molecule has 0 bridgehead atoms. The van der Waals surface area contributed by atoms with Crippen molar-refractivity contribution in [3.05, 3.63) is 36.0 Å². The lowest BCUT2D eigenvalue weighted by Gasteiger charge is -2.10. The highest BCUT2D eigenvalue weighted by atomic mass is 32.2. The number of hydrogen-bond acceptors (Lipinski definition) is 4. The topological polar surface area (TPSA) is 101 Å². The van der Waals surface area contributed by atoms with Crippen LogP contribution in [-0.4, -0.2) is 18.6 Å². The number of nitrogens with one attached hydrogen (secondary N) is 2. The molecule has 0 aliphatic rings. The predicted molar refractivity (Wildman–Crippen MR) is 65.0 cm³/mol. The quantitative estimate of drug-likeness (QED) is 0.712. The number of benzene rings is 1. The van der Waals surface area contributed by atoms with Crippen LogP contribution in [0.2, 0.25) is 0 Å². The van der Waals surface area contributed by atoms with Crippen molar-refractivity contribution in [1.82, 2.24) is 10.2 Å². The highest BCUT2D eigenvalue weighted by molar-refractivity contribution is 7.92. The van der Waals surface area contributed by atoms with E-state index in [1.807, 2.05) is 0 Å². The molecule has 1 aromatic carbocycles. The highest BCUT2D eigenvalue weighted by Crippen LogP contribution is 2.22. The standard InChI is InChI=1S/C10H12N4O2S/c1-7-8(11)3-2-4-9(7)17(15,16)14-10-5-6-12-13-10/h2-6H,11H2,1H3,(H2,12,13,14). The maximum atomic E-state index is 12.1. The number of nitrogens with two attached hydrogens (primary N) is 1. The summed E-state index contributed by atoms with van der Waals surface area (Å²) in [5, 5.41) is 6.19. The summed E-state index contributed by atoms with van der Waals surface area (Å²) < 4.78 is 26.5. The van der Waals surface area contributed by atoms with E-state index in [2.05, 4.69) is 14.9 Å². The lowest BCUT2D eigenvalue weighted by molar-refractivity contribution is 0.600. The molecule has 1 heterocycles. The van der Waals surface area contributed by atoms with Gasteiger partial charge in [0.1, 0.15) is 5.82 Å². The third-order valence-electron chi connectivity index (χ3n) is 2.36. The number of nitrogens with zero attached hydrogens (tertiary/aromatic N) is 1. The second-order valence-electron chi connectivity index (χ2n) is 3.55. The van der Waals surface area contributed by atoms with E-state index in [1.54, 1.807) is 19.1 Å². The Balaban J connectivity index is 2.42. The van der Waals surface area contributed by atoms with Crippen LogP contribution in [0.25, 0.3) is 0 Å². The van der Waals surface area contributed by atoms with E-state index in [0.29, 0.717) is 17.1 Å². The van der Waals surface area contributed by atoms with Crippen molar-refractivity contribution in [2.45, 2.75) is 11.8 Å². The molecule has 0 atom stereocenters. The molecule has 0 aliphatic carbocycles. The van der Waals surface area contributed by atoms with Gasteiger partial charge in [0.25, 0.3) is 10.0 Å². The Morgan fingerprint density at radius 1 is 1.35 bits per heavy atom. The fourth-order valence-corrected chi connectivity index (χ4v) is 2.73. The first-order valence-electron chi connectivity index (χ1n) is 4.88. The summed E-state index contributed by atoms with van der Waals surface area (Å²) in [6.45, 7) is 1.66. The van der Waals surface area contributed by atoms with Crippen LogP contribution >= 0.6 is 0 Å². The zero-order chi connectivity index (χ0) is 12.5. The Kier molecular flexibility index (Phi) is 2.76. The summed E-state index contributed by atoms with van der Waals surface area (Å²) in [5.41, 5.74) is 6.65. The maximum absolute atomic E-state index is 12.1. The van der Waals surface area contributed by atoms with Crippen LogP contribution in [0.3, 0.4) is 0 Å². The predicted octanol–water partition coefficient (Wildman–Crippen LogP) is 1.10. The number of sulfonamides is 1. The molecule has 0 amide bonds. The molecule has 0 saturated heterocycles. The van der Waals surface area contributed by atoms with Crippen molar-refractivity contribution in [2.24, 2.45) is 0 Å². The SMILES string of the molecule is Cc1c(N)cccc1S(=O)(=O)Nc1ccn[nH]1. The fraction of sp³-hybridized carbons (Fsp3) is 0.100. The molecule has 90 valence electrons. The van der Waals surface area contributed by atoms with Crippen LogP contribution in [-0.2, 0) is 10.0 Å². The minimum atomic E-state index is -3.64. The van der Waals surface area contributed by atoms with Gasteiger partial charge < -0.3 is 5.73 Å². The molecule has 0 radical (unpaired) electrons. The minimum absolute atomic E-state index is 0.159. The molecule has 7 heteroatoms. The van der Waals surface area contributed by atoms with Crippen molar-refractivity contribution < 1.29 is 8.42 Å². The molecule has 2 aromatic rings. The van der Waals surface area contributed by atoms with Crippen LogP contribution in [0.15, 0.2) is 35.4 Å². The smallest absolute Gasteiger partial charge is 0.263 e. The summed E-state index contributed by atoms with van der Waals surface area (Å²) in [6, 6.07) is 6.29. The fourth-order valence-electron chi connectivity index (χ4n) is 1.44. The van der Waals surface area contributed by atoms with Gasteiger partial charge in [0.2, 0.25) is 0 Å². The van der Waals surface area contributed by atoms with Crippen molar-refractivity contribution in [3.8, 4) is 0 Å². The van der Waals surface area contributed by atoms with Gasteiger partial charge in [0, 0.05) is 11.8 Å². The largest absolute Gasteiger partial charge is 0.398 e. The Morgan fingerprint density at radius 3 is 2.76 bits per heavy atom. The Hall–Kier alpha value is -2.02. The monoisotopic (exact) mass is 252 g/mol. The molecular formula is C10H12N4O2S. The number of H-pyrrole nitrogens is 1. The van der Waals surface area contributed by atoms with E-state index < -0.39 is 10.0 Å². The molecular weight excluding hydrogens is 240 g/mol. The van der Waals surface area contributed by atoms with E-state index in [9.17, 15) is 8.42 Å². The average Bonchev–Trinajstić information content (AvgIpc) is 2.73. The van der Waals surface area contributed by atoms with Gasteiger partial charge in [0.15, 0.2) is 0 Å². The Morgan fingerprint density at radius 2 is 2.12 bits per heavy atom. The Labute approximate surface area is 98.9 Å². The number of nitrogen functional groups attached to an aromatic ring is 1. The number of anilines is 2. The van der Waals surface area contributed by atoms with Gasteiger partial charge in [-0.3, -0.25) is 9.82 Å².